The number of amides is 1. The van der Waals surface area contributed by atoms with E-state index in [1.165, 1.54) is 7.11 Å². The van der Waals surface area contributed by atoms with Crippen molar-refractivity contribution in [1.29, 1.82) is 0 Å². The number of carbonyl (C=O) groups is 2. The average Bonchev–Trinajstić information content (AvgIpc) is 2.66. The summed E-state index contributed by atoms with van der Waals surface area (Å²) >= 11 is 0. The van der Waals surface area contributed by atoms with Crippen LogP contribution in [0.5, 0.6) is 11.5 Å². The number of aliphatic carboxylic acids is 1. The van der Waals surface area contributed by atoms with E-state index in [4.69, 9.17) is 9.47 Å². The number of carbonyl (C=O) groups excluding carboxylic acids is 1. The standard InChI is InChI=1S/C21H25NO5/c1-14(2)13-27-18-10-9-16(12-19(18)26-3)20(23)22-17(21(24)25)11-15-7-5-4-6-8-15/h4-10,12,14,17H,11,13H2,1-3H3,(H,22,23)(H,24,25)/t17-/m0/s1. The van der Waals surface area contributed by atoms with Crippen molar-refractivity contribution in [3.63, 3.8) is 0 Å². The van der Waals surface area contributed by atoms with Gasteiger partial charge in [0, 0.05) is 12.0 Å². The predicted molar refractivity (Wildman–Crippen MR) is 102 cm³/mol. The van der Waals surface area contributed by atoms with Gasteiger partial charge >= 0.3 is 5.97 Å². The Morgan fingerprint density at radius 1 is 1.07 bits per heavy atom. The molecule has 2 aromatic rings. The molecule has 2 aromatic carbocycles. The molecule has 2 rings (SSSR count). The summed E-state index contributed by atoms with van der Waals surface area (Å²) in [4.78, 5) is 24.1. The lowest BCUT2D eigenvalue weighted by Crippen LogP contribution is -2.42. The summed E-state index contributed by atoms with van der Waals surface area (Å²) in [5, 5.41) is 12.0. The number of hydrogen-bond acceptors (Lipinski definition) is 4. The van der Waals surface area contributed by atoms with Crippen LogP contribution in [-0.4, -0.2) is 36.7 Å². The summed E-state index contributed by atoms with van der Waals surface area (Å²) < 4.78 is 11.0. The minimum atomic E-state index is -1.09. The van der Waals surface area contributed by atoms with Crippen molar-refractivity contribution in [3.05, 3.63) is 59.7 Å². The van der Waals surface area contributed by atoms with E-state index in [1.54, 1.807) is 18.2 Å². The van der Waals surface area contributed by atoms with Gasteiger partial charge in [-0.25, -0.2) is 4.79 Å². The Labute approximate surface area is 159 Å². The lowest BCUT2D eigenvalue weighted by atomic mass is 10.1. The molecule has 2 N–H and O–H groups in total. The Hall–Kier alpha value is -3.02. The van der Waals surface area contributed by atoms with Crippen LogP contribution in [0.1, 0.15) is 29.8 Å². The van der Waals surface area contributed by atoms with Crippen molar-refractivity contribution >= 4 is 11.9 Å². The molecule has 0 aliphatic rings. The van der Waals surface area contributed by atoms with Gasteiger partial charge in [-0.15, -0.1) is 0 Å². The third-order valence-corrected chi connectivity index (χ3v) is 3.88. The molecule has 6 nitrogen and oxygen atoms in total. The van der Waals surface area contributed by atoms with Crippen molar-refractivity contribution in [3.8, 4) is 11.5 Å². The number of nitrogens with one attached hydrogen (secondary N) is 1. The van der Waals surface area contributed by atoms with Gasteiger partial charge in [0.2, 0.25) is 0 Å². The van der Waals surface area contributed by atoms with Gasteiger partial charge < -0.3 is 19.9 Å². The third kappa shape index (κ3) is 6.02. The summed E-state index contributed by atoms with van der Waals surface area (Å²) in [7, 11) is 1.49. The van der Waals surface area contributed by atoms with E-state index in [0.717, 1.165) is 5.56 Å². The highest BCUT2D eigenvalue weighted by atomic mass is 16.5. The second-order valence-electron chi connectivity index (χ2n) is 6.62. The Kier molecular flexibility index (Phi) is 7.23. The summed E-state index contributed by atoms with van der Waals surface area (Å²) in [5.74, 6) is -0.241. The zero-order valence-electron chi connectivity index (χ0n) is 15.8. The lowest BCUT2D eigenvalue weighted by Gasteiger charge is -2.16. The Morgan fingerprint density at radius 2 is 1.78 bits per heavy atom. The van der Waals surface area contributed by atoms with Crippen LogP contribution in [-0.2, 0) is 11.2 Å². The van der Waals surface area contributed by atoms with E-state index in [2.05, 4.69) is 5.32 Å². The molecule has 0 aromatic heterocycles. The van der Waals surface area contributed by atoms with E-state index < -0.39 is 17.9 Å². The lowest BCUT2D eigenvalue weighted by molar-refractivity contribution is -0.139. The van der Waals surface area contributed by atoms with E-state index in [9.17, 15) is 14.7 Å². The van der Waals surface area contributed by atoms with Crippen LogP contribution < -0.4 is 14.8 Å². The van der Waals surface area contributed by atoms with Gasteiger partial charge in [-0.3, -0.25) is 4.79 Å². The first-order chi connectivity index (χ1) is 12.9. The molecule has 1 amide bonds. The molecular weight excluding hydrogens is 346 g/mol. The monoisotopic (exact) mass is 371 g/mol. The molecule has 0 spiro atoms. The number of benzene rings is 2. The maximum atomic E-state index is 12.5. The van der Waals surface area contributed by atoms with Crippen LogP contribution in [0, 0.1) is 5.92 Å². The maximum Gasteiger partial charge on any atom is 0.326 e. The Bertz CT molecular complexity index is 773. The van der Waals surface area contributed by atoms with Gasteiger partial charge in [0.05, 0.1) is 13.7 Å². The zero-order valence-corrected chi connectivity index (χ0v) is 15.8. The molecule has 0 fully saturated rings. The molecule has 0 bridgehead atoms. The van der Waals surface area contributed by atoms with Crippen LogP contribution in [0.15, 0.2) is 48.5 Å². The molecule has 1 atom stereocenters. The molecule has 144 valence electrons. The quantitative estimate of drug-likeness (QED) is 0.707. The summed E-state index contributed by atoms with van der Waals surface area (Å²) in [5.41, 5.74) is 1.14. The topological polar surface area (TPSA) is 84.9 Å². The first kappa shape index (κ1) is 20.3. The fourth-order valence-electron chi connectivity index (χ4n) is 2.48. The van der Waals surface area contributed by atoms with Crippen molar-refractivity contribution in [2.24, 2.45) is 5.92 Å². The van der Waals surface area contributed by atoms with Crippen molar-refractivity contribution < 1.29 is 24.2 Å². The fourth-order valence-corrected chi connectivity index (χ4v) is 2.48. The molecule has 0 heterocycles. The summed E-state index contributed by atoms with van der Waals surface area (Å²) in [6, 6.07) is 12.9. The third-order valence-electron chi connectivity index (χ3n) is 3.88. The zero-order chi connectivity index (χ0) is 19.8. The number of hydrogen-bond donors (Lipinski definition) is 2. The number of methoxy groups -OCH3 is 1. The Balaban J connectivity index is 2.11. The number of carboxylic acids is 1. The molecule has 0 aliphatic heterocycles. The second-order valence-corrected chi connectivity index (χ2v) is 6.62. The molecule has 0 aliphatic carbocycles. The smallest absolute Gasteiger partial charge is 0.326 e. The molecule has 6 heteroatoms. The van der Waals surface area contributed by atoms with Gasteiger partial charge in [-0.1, -0.05) is 44.2 Å². The van der Waals surface area contributed by atoms with Crippen molar-refractivity contribution in [2.75, 3.05) is 13.7 Å². The molecule has 0 saturated carbocycles. The van der Waals surface area contributed by atoms with Gasteiger partial charge in [0.15, 0.2) is 11.5 Å². The Morgan fingerprint density at radius 3 is 2.37 bits per heavy atom. The van der Waals surface area contributed by atoms with Crippen LogP contribution in [0.4, 0.5) is 0 Å². The maximum absolute atomic E-state index is 12.5. The highest BCUT2D eigenvalue weighted by Crippen LogP contribution is 2.28. The normalized spacial score (nSPS) is 11.7. The summed E-state index contributed by atoms with van der Waals surface area (Å²) in [6.45, 7) is 4.60. The molecule has 0 unspecified atom stereocenters. The second kappa shape index (κ2) is 9.62. The fraction of sp³-hybridized carbons (Fsp3) is 0.333. The van der Waals surface area contributed by atoms with Crippen LogP contribution >= 0.6 is 0 Å². The van der Waals surface area contributed by atoms with Crippen LogP contribution in [0.3, 0.4) is 0 Å². The average molecular weight is 371 g/mol. The van der Waals surface area contributed by atoms with Gasteiger partial charge in [0.25, 0.3) is 5.91 Å². The van der Waals surface area contributed by atoms with E-state index >= 15 is 0 Å². The van der Waals surface area contributed by atoms with E-state index in [1.807, 2.05) is 44.2 Å². The largest absolute Gasteiger partial charge is 0.493 e. The minimum Gasteiger partial charge on any atom is -0.493 e. The number of rotatable bonds is 9. The van der Waals surface area contributed by atoms with E-state index in [0.29, 0.717) is 29.6 Å². The van der Waals surface area contributed by atoms with Gasteiger partial charge in [-0.2, -0.15) is 0 Å². The minimum absolute atomic E-state index is 0.203. The molecule has 0 saturated heterocycles. The van der Waals surface area contributed by atoms with E-state index in [-0.39, 0.29) is 6.42 Å². The van der Waals surface area contributed by atoms with Gasteiger partial charge in [0.1, 0.15) is 6.04 Å². The van der Waals surface area contributed by atoms with Gasteiger partial charge in [-0.05, 0) is 29.7 Å². The molecule has 27 heavy (non-hydrogen) atoms. The highest BCUT2D eigenvalue weighted by Gasteiger charge is 2.22. The first-order valence-electron chi connectivity index (χ1n) is 8.79. The number of carboxylic acid groups (broad SMARTS) is 1. The molecule has 0 radical (unpaired) electrons. The first-order valence-corrected chi connectivity index (χ1v) is 8.79. The summed E-state index contributed by atoms with van der Waals surface area (Å²) in [6.07, 6.45) is 0.203. The number of ether oxygens (including phenoxy) is 2. The van der Waals surface area contributed by atoms with Crippen LogP contribution in [0.2, 0.25) is 0 Å². The van der Waals surface area contributed by atoms with Crippen LogP contribution in [0.25, 0.3) is 0 Å². The van der Waals surface area contributed by atoms with Crippen molar-refractivity contribution in [2.45, 2.75) is 26.3 Å². The SMILES string of the molecule is COc1cc(C(=O)N[C@@H](Cc2ccccc2)C(=O)O)ccc1OCC(C)C. The predicted octanol–water partition coefficient (Wildman–Crippen LogP) is 3.16. The highest BCUT2D eigenvalue weighted by molar-refractivity contribution is 5.97. The molecular formula is C21H25NO5. The van der Waals surface area contributed by atoms with Crippen molar-refractivity contribution in [1.82, 2.24) is 5.32 Å².